The Bertz CT molecular complexity index is 1270. The number of benzene rings is 1. The van der Waals surface area contributed by atoms with E-state index in [2.05, 4.69) is 14.4 Å². The zero-order valence-corrected chi connectivity index (χ0v) is 22.7. The van der Waals surface area contributed by atoms with E-state index >= 15 is 0 Å². The molecule has 36 heavy (non-hydrogen) atoms. The first-order chi connectivity index (χ1) is 16.6. The van der Waals surface area contributed by atoms with Gasteiger partial charge in [-0.3, -0.25) is 19.3 Å². The van der Waals surface area contributed by atoms with Gasteiger partial charge in [0.1, 0.15) is 16.8 Å². The lowest BCUT2D eigenvalue weighted by atomic mass is 9.92. The minimum absolute atomic E-state index is 0.0640. The summed E-state index contributed by atoms with van der Waals surface area (Å²) < 4.78 is 59.6. The maximum atomic E-state index is 13.4. The lowest BCUT2D eigenvalue weighted by Gasteiger charge is -2.37. The number of anilines is 2. The van der Waals surface area contributed by atoms with Crippen LogP contribution in [0.4, 0.5) is 11.4 Å². The van der Waals surface area contributed by atoms with Crippen molar-refractivity contribution in [1.29, 1.82) is 0 Å². The number of hydrogen-bond donors (Lipinski definition) is 2. The topological polar surface area (TPSA) is 155 Å². The molecule has 0 aromatic heterocycles. The molecule has 1 saturated heterocycles. The van der Waals surface area contributed by atoms with Crippen LogP contribution in [0.25, 0.3) is 0 Å². The van der Waals surface area contributed by atoms with Crippen LogP contribution in [0.1, 0.15) is 46.5 Å². The van der Waals surface area contributed by atoms with Crippen LogP contribution >= 0.6 is 0 Å². The summed E-state index contributed by atoms with van der Waals surface area (Å²) in [6.45, 7) is 6.96. The summed E-state index contributed by atoms with van der Waals surface area (Å²) in [5.41, 5.74) is 0.175. The van der Waals surface area contributed by atoms with Crippen molar-refractivity contribution in [1.82, 2.24) is 10.0 Å². The fourth-order valence-electron chi connectivity index (χ4n) is 4.05. The highest BCUT2D eigenvalue weighted by molar-refractivity contribution is 7.92. The number of ether oxygens (including phenoxy) is 1. The molecule has 2 heterocycles. The number of amidine groups is 1. The van der Waals surface area contributed by atoms with Gasteiger partial charge in [-0.1, -0.05) is 20.8 Å². The van der Waals surface area contributed by atoms with Gasteiger partial charge in [0.05, 0.1) is 25.5 Å². The van der Waals surface area contributed by atoms with Gasteiger partial charge in [-0.05, 0) is 42.9 Å². The number of amides is 1. The Hall–Kier alpha value is -2.71. The summed E-state index contributed by atoms with van der Waals surface area (Å²) in [7, 11) is -6.49. The van der Waals surface area contributed by atoms with Crippen LogP contribution in [-0.2, 0) is 34.4 Å². The largest absolute Gasteiger partial charge is 0.468 e. The Kier molecular flexibility index (Phi) is 8.01. The second kappa shape index (κ2) is 10.3. The zero-order valence-electron chi connectivity index (χ0n) is 21.1. The number of esters is 1. The van der Waals surface area contributed by atoms with Gasteiger partial charge in [-0.15, -0.1) is 4.40 Å². The Morgan fingerprint density at radius 1 is 1.31 bits per heavy atom. The molecule has 0 spiro atoms. The molecule has 1 aromatic carbocycles. The van der Waals surface area contributed by atoms with Gasteiger partial charge < -0.3 is 10.1 Å². The minimum atomic E-state index is -4.19. The van der Waals surface area contributed by atoms with Crippen LogP contribution in [0.5, 0.6) is 0 Å². The number of carbonyl (C=O) groups excluding carboxylic acids is 2. The third-order valence-corrected chi connectivity index (χ3v) is 7.72. The van der Waals surface area contributed by atoms with Crippen LogP contribution in [0.3, 0.4) is 0 Å². The van der Waals surface area contributed by atoms with Crippen LogP contribution in [-0.4, -0.2) is 77.1 Å². The van der Waals surface area contributed by atoms with Gasteiger partial charge >= 0.3 is 5.97 Å². The molecule has 2 aliphatic heterocycles. The first kappa shape index (κ1) is 27.9. The average molecular weight is 544 g/mol. The minimum Gasteiger partial charge on any atom is -0.468 e. The lowest BCUT2D eigenvalue weighted by Crippen LogP contribution is -2.53. The zero-order chi connectivity index (χ0) is 26.9. The lowest BCUT2D eigenvalue weighted by molar-refractivity contribution is -0.162. The molecule has 1 aromatic rings. The molecular formula is C22H33N5O7S2. The smallest absolute Gasteiger partial charge is 0.324 e. The standard InChI is InChI=1S/C22H33N5O7S2/c1-22(2,3)10-12-27(26-11-6-7-17(26)21(29)34-4)20(28)14-19-23-16-9-8-15(24-35(5,30)31)13-18(16)36(32,33)25-19/h8-9,13,17,24H,6-7,10-12,14H2,1-5H3,(H,23,25). The van der Waals surface area contributed by atoms with E-state index in [9.17, 15) is 26.4 Å². The van der Waals surface area contributed by atoms with Crippen LogP contribution in [0, 0.1) is 5.41 Å². The van der Waals surface area contributed by atoms with Gasteiger partial charge in [0.2, 0.25) is 15.9 Å². The monoisotopic (exact) mass is 543 g/mol. The number of rotatable bonds is 8. The normalized spacial score (nSPS) is 19.6. The molecule has 200 valence electrons. The third-order valence-electron chi connectivity index (χ3n) is 5.76. The van der Waals surface area contributed by atoms with Crippen molar-refractivity contribution in [3.8, 4) is 0 Å². The summed E-state index contributed by atoms with van der Waals surface area (Å²) in [5.74, 6) is -0.898. The Morgan fingerprint density at radius 3 is 2.61 bits per heavy atom. The summed E-state index contributed by atoms with van der Waals surface area (Å²) in [6.07, 6.45) is 2.54. The molecule has 1 amide bonds. The van der Waals surface area contributed by atoms with Gasteiger partial charge in [0.25, 0.3) is 10.0 Å². The Labute approximate surface area is 212 Å². The number of hydrazine groups is 1. The molecule has 1 atom stereocenters. The number of hydrogen-bond acceptors (Lipinski definition) is 9. The molecule has 2 aliphatic rings. The van der Waals surface area contributed by atoms with Gasteiger partial charge in [-0.25, -0.2) is 13.4 Å². The number of nitrogens with one attached hydrogen (secondary N) is 2. The van der Waals surface area contributed by atoms with E-state index in [1.807, 2.05) is 20.8 Å². The first-order valence-corrected chi connectivity index (χ1v) is 14.8. The van der Waals surface area contributed by atoms with Crippen LogP contribution in [0.2, 0.25) is 0 Å². The predicted molar refractivity (Wildman–Crippen MR) is 135 cm³/mol. The van der Waals surface area contributed by atoms with Crippen molar-refractivity contribution in [2.75, 3.05) is 36.5 Å². The number of sulfonamides is 2. The second-order valence-corrected chi connectivity index (χ2v) is 13.4. The molecule has 0 saturated carbocycles. The van der Waals surface area contributed by atoms with Crippen LogP contribution < -0.4 is 10.0 Å². The molecule has 0 bridgehead atoms. The SMILES string of the molecule is COC(=O)C1CCCN1N(CCC(C)(C)C)C(=O)CC1=NS(=O)(=O)c2cc(NS(C)(=O)=O)ccc2N1. The van der Waals surface area contributed by atoms with Gasteiger partial charge in [0, 0.05) is 18.8 Å². The molecule has 12 nitrogen and oxygen atoms in total. The predicted octanol–water partition coefficient (Wildman–Crippen LogP) is 1.78. The van der Waals surface area contributed by atoms with Gasteiger partial charge in [-0.2, -0.15) is 8.42 Å². The van der Waals surface area contributed by atoms with E-state index < -0.39 is 38.0 Å². The molecule has 0 radical (unpaired) electrons. The molecule has 2 N–H and O–H groups in total. The van der Waals surface area contributed by atoms with Gasteiger partial charge in [0.15, 0.2) is 0 Å². The number of carbonyl (C=O) groups is 2. The highest BCUT2D eigenvalue weighted by Crippen LogP contribution is 2.31. The summed E-state index contributed by atoms with van der Waals surface area (Å²) >= 11 is 0. The Morgan fingerprint density at radius 2 is 2.00 bits per heavy atom. The van der Waals surface area contributed by atoms with Crippen molar-refractivity contribution in [3.63, 3.8) is 0 Å². The quantitative estimate of drug-likeness (QED) is 0.467. The summed E-state index contributed by atoms with van der Waals surface area (Å²) in [4.78, 5) is 25.6. The van der Waals surface area contributed by atoms with E-state index in [-0.39, 0.29) is 33.9 Å². The molecule has 1 unspecified atom stereocenters. The maximum Gasteiger partial charge on any atom is 0.324 e. The fourth-order valence-corrected chi connectivity index (χ4v) is 5.78. The van der Waals surface area contributed by atoms with Crippen molar-refractivity contribution in [2.45, 2.75) is 57.4 Å². The summed E-state index contributed by atoms with van der Waals surface area (Å²) in [6, 6.07) is 3.39. The molecule has 1 fully saturated rings. The number of methoxy groups -OCH3 is 1. The van der Waals surface area contributed by atoms with Crippen LogP contribution in [0.15, 0.2) is 27.5 Å². The third kappa shape index (κ3) is 6.95. The Balaban J connectivity index is 1.85. The summed E-state index contributed by atoms with van der Waals surface area (Å²) in [5, 5.41) is 6.08. The molecule has 3 rings (SSSR count). The average Bonchev–Trinajstić information content (AvgIpc) is 3.21. The second-order valence-electron chi connectivity index (χ2n) is 10.1. The van der Waals surface area contributed by atoms with Crippen molar-refractivity contribution < 1.29 is 31.2 Å². The maximum absolute atomic E-state index is 13.4. The van der Waals surface area contributed by atoms with E-state index in [0.717, 1.165) is 6.26 Å². The van der Waals surface area contributed by atoms with Crippen molar-refractivity contribution in [3.05, 3.63) is 18.2 Å². The first-order valence-electron chi connectivity index (χ1n) is 11.5. The number of fused-ring (bicyclic) bond motifs is 1. The van der Waals surface area contributed by atoms with E-state index in [1.54, 1.807) is 5.01 Å². The van der Waals surface area contributed by atoms with E-state index in [4.69, 9.17) is 4.74 Å². The molecular weight excluding hydrogens is 510 g/mol. The molecule has 14 heteroatoms. The van der Waals surface area contributed by atoms with Crippen molar-refractivity contribution in [2.24, 2.45) is 9.81 Å². The highest BCUT2D eigenvalue weighted by Gasteiger charge is 2.38. The number of nitrogens with zero attached hydrogens (tertiary/aromatic N) is 3. The van der Waals surface area contributed by atoms with E-state index in [1.165, 1.54) is 30.3 Å². The molecule has 0 aliphatic carbocycles. The highest BCUT2D eigenvalue weighted by atomic mass is 32.2. The van der Waals surface area contributed by atoms with Crippen molar-refractivity contribution >= 4 is 49.1 Å². The fraction of sp³-hybridized carbons (Fsp3) is 0.591. The van der Waals surface area contributed by atoms with E-state index in [0.29, 0.717) is 32.4 Å².